The number of hydrogen-bond donors (Lipinski definition) is 2. The number of aliphatic hydroxyl groups is 2. The fourth-order valence-corrected chi connectivity index (χ4v) is 0.845. The van der Waals surface area contributed by atoms with E-state index in [9.17, 15) is 0 Å². The fourth-order valence-electron chi connectivity index (χ4n) is 0.845. The van der Waals surface area contributed by atoms with Gasteiger partial charge < -0.3 is 14.9 Å². The van der Waals surface area contributed by atoms with E-state index >= 15 is 0 Å². The normalized spacial score (nSPS) is 10.6. The summed E-state index contributed by atoms with van der Waals surface area (Å²) in [5.41, 5.74) is 0.544. The van der Waals surface area contributed by atoms with Crippen LogP contribution in [0.1, 0.15) is 5.69 Å². The van der Waals surface area contributed by atoms with Crippen LogP contribution in [-0.4, -0.2) is 45.0 Å². The zero-order chi connectivity index (χ0) is 9.52. The molecule has 6 nitrogen and oxygen atoms in total. The van der Waals surface area contributed by atoms with Gasteiger partial charge in [0, 0.05) is 0 Å². The zero-order valence-electron chi connectivity index (χ0n) is 7.26. The molecule has 0 saturated heterocycles. The Kier molecular flexibility index (Phi) is 4.37. The molecule has 2 N–H and O–H groups in total. The van der Waals surface area contributed by atoms with E-state index < -0.39 is 0 Å². The first-order chi connectivity index (χ1) is 6.36. The Morgan fingerprint density at radius 2 is 2.23 bits per heavy atom. The second-order valence-electron chi connectivity index (χ2n) is 2.47. The lowest BCUT2D eigenvalue weighted by atomic mass is 10.5. The van der Waals surface area contributed by atoms with Crippen molar-refractivity contribution in [2.75, 3.05) is 19.8 Å². The van der Waals surface area contributed by atoms with Gasteiger partial charge in [-0.05, 0) is 0 Å². The SMILES string of the molecule is OCCOCCn1cc(CO)nn1. The minimum atomic E-state index is -0.0997. The number of nitrogens with zero attached hydrogens (tertiary/aromatic N) is 3. The van der Waals surface area contributed by atoms with Crippen LogP contribution in [0.2, 0.25) is 0 Å². The number of aromatic nitrogens is 3. The Hall–Kier alpha value is -0.980. The number of aliphatic hydroxyl groups excluding tert-OH is 2. The quantitative estimate of drug-likeness (QED) is 0.545. The Bertz CT molecular complexity index is 239. The molecule has 0 unspecified atom stereocenters. The largest absolute Gasteiger partial charge is 0.394 e. The minimum Gasteiger partial charge on any atom is -0.394 e. The first kappa shape index (κ1) is 10.1. The Labute approximate surface area is 75.8 Å². The predicted molar refractivity (Wildman–Crippen MR) is 43.8 cm³/mol. The molecule has 0 aromatic carbocycles. The summed E-state index contributed by atoms with van der Waals surface area (Å²) in [5, 5.41) is 24.5. The Morgan fingerprint density at radius 1 is 1.38 bits per heavy atom. The number of ether oxygens (including phenoxy) is 1. The molecular formula is C7H13N3O3. The molecule has 0 saturated carbocycles. The molecule has 0 spiro atoms. The lowest BCUT2D eigenvalue weighted by Crippen LogP contribution is -2.08. The van der Waals surface area contributed by atoms with Gasteiger partial charge in [0.1, 0.15) is 5.69 Å². The van der Waals surface area contributed by atoms with Gasteiger partial charge in [-0.2, -0.15) is 0 Å². The summed E-state index contributed by atoms with van der Waals surface area (Å²) in [7, 11) is 0. The van der Waals surface area contributed by atoms with Crippen LogP contribution in [0.15, 0.2) is 6.20 Å². The molecule has 74 valence electrons. The molecule has 1 heterocycles. The molecule has 0 amide bonds. The smallest absolute Gasteiger partial charge is 0.108 e. The summed E-state index contributed by atoms with van der Waals surface area (Å²) in [6, 6.07) is 0. The standard InChI is InChI=1S/C7H13N3O3/c11-2-4-13-3-1-10-5-7(6-12)8-9-10/h5,11-12H,1-4,6H2. The molecule has 0 bridgehead atoms. The predicted octanol–water partition coefficient (Wildman–Crippen LogP) is -1.22. The summed E-state index contributed by atoms with van der Waals surface area (Å²) in [5.74, 6) is 0. The first-order valence-corrected chi connectivity index (χ1v) is 4.05. The van der Waals surface area contributed by atoms with Crippen molar-refractivity contribution < 1.29 is 14.9 Å². The van der Waals surface area contributed by atoms with Crippen LogP contribution >= 0.6 is 0 Å². The molecule has 0 aliphatic heterocycles. The van der Waals surface area contributed by atoms with E-state index in [0.717, 1.165) is 0 Å². The molecule has 0 aliphatic rings. The van der Waals surface area contributed by atoms with Gasteiger partial charge in [-0.1, -0.05) is 5.21 Å². The molecule has 0 atom stereocenters. The zero-order valence-corrected chi connectivity index (χ0v) is 7.26. The first-order valence-electron chi connectivity index (χ1n) is 4.05. The highest BCUT2D eigenvalue weighted by molar-refractivity contribution is 4.88. The van der Waals surface area contributed by atoms with E-state index in [0.29, 0.717) is 25.5 Å². The molecular weight excluding hydrogens is 174 g/mol. The van der Waals surface area contributed by atoms with Gasteiger partial charge in [0.05, 0.1) is 39.2 Å². The van der Waals surface area contributed by atoms with E-state index in [1.807, 2.05) is 0 Å². The van der Waals surface area contributed by atoms with Crippen LogP contribution in [0.25, 0.3) is 0 Å². The van der Waals surface area contributed by atoms with Gasteiger partial charge in [-0.25, -0.2) is 4.68 Å². The molecule has 6 heteroatoms. The number of rotatable bonds is 6. The molecule has 0 aliphatic carbocycles. The van der Waals surface area contributed by atoms with Gasteiger partial charge in [0.2, 0.25) is 0 Å². The van der Waals surface area contributed by atoms with Crippen LogP contribution < -0.4 is 0 Å². The monoisotopic (exact) mass is 187 g/mol. The Balaban J connectivity index is 2.20. The summed E-state index contributed by atoms with van der Waals surface area (Å²) < 4.78 is 6.61. The maximum Gasteiger partial charge on any atom is 0.108 e. The van der Waals surface area contributed by atoms with Crippen molar-refractivity contribution in [3.05, 3.63) is 11.9 Å². The summed E-state index contributed by atoms with van der Waals surface area (Å²) in [6.07, 6.45) is 1.66. The van der Waals surface area contributed by atoms with Crippen LogP contribution in [-0.2, 0) is 17.9 Å². The van der Waals surface area contributed by atoms with Crippen molar-refractivity contribution in [3.8, 4) is 0 Å². The molecule has 0 fully saturated rings. The van der Waals surface area contributed by atoms with Crippen LogP contribution in [0.3, 0.4) is 0 Å². The van der Waals surface area contributed by atoms with E-state index in [2.05, 4.69) is 10.3 Å². The van der Waals surface area contributed by atoms with Crippen molar-refractivity contribution in [1.82, 2.24) is 15.0 Å². The third-order valence-electron chi connectivity index (χ3n) is 1.45. The van der Waals surface area contributed by atoms with Gasteiger partial charge in [-0.3, -0.25) is 0 Å². The number of hydrogen-bond acceptors (Lipinski definition) is 5. The average molecular weight is 187 g/mol. The van der Waals surface area contributed by atoms with Crippen molar-refractivity contribution in [2.45, 2.75) is 13.2 Å². The summed E-state index contributed by atoms with van der Waals surface area (Å²) in [4.78, 5) is 0. The summed E-state index contributed by atoms with van der Waals surface area (Å²) >= 11 is 0. The molecule has 13 heavy (non-hydrogen) atoms. The van der Waals surface area contributed by atoms with Crippen molar-refractivity contribution in [2.24, 2.45) is 0 Å². The van der Waals surface area contributed by atoms with Crippen molar-refractivity contribution >= 4 is 0 Å². The second kappa shape index (κ2) is 5.63. The summed E-state index contributed by atoms with van der Waals surface area (Å²) in [6.45, 7) is 1.32. The topological polar surface area (TPSA) is 80.4 Å². The van der Waals surface area contributed by atoms with E-state index in [4.69, 9.17) is 14.9 Å². The highest BCUT2D eigenvalue weighted by Gasteiger charge is 1.97. The lowest BCUT2D eigenvalue weighted by molar-refractivity contribution is 0.0851. The van der Waals surface area contributed by atoms with Crippen LogP contribution in [0, 0.1) is 0 Å². The van der Waals surface area contributed by atoms with Crippen LogP contribution in [0.4, 0.5) is 0 Å². The third-order valence-corrected chi connectivity index (χ3v) is 1.45. The van der Waals surface area contributed by atoms with Crippen LogP contribution in [0.5, 0.6) is 0 Å². The van der Waals surface area contributed by atoms with Crippen molar-refractivity contribution in [3.63, 3.8) is 0 Å². The highest BCUT2D eigenvalue weighted by Crippen LogP contribution is 1.91. The third kappa shape index (κ3) is 3.49. The lowest BCUT2D eigenvalue weighted by Gasteiger charge is -2.00. The molecule has 1 aromatic rings. The Morgan fingerprint density at radius 3 is 2.85 bits per heavy atom. The molecule has 1 aromatic heterocycles. The highest BCUT2D eigenvalue weighted by atomic mass is 16.5. The van der Waals surface area contributed by atoms with Crippen molar-refractivity contribution in [1.29, 1.82) is 0 Å². The van der Waals surface area contributed by atoms with Gasteiger partial charge >= 0.3 is 0 Å². The molecule has 1 rings (SSSR count). The average Bonchev–Trinajstić information content (AvgIpc) is 2.60. The fraction of sp³-hybridized carbons (Fsp3) is 0.714. The van der Waals surface area contributed by atoms with E-state index in [-0.39, 0.29) is 13.2 Å². The van der Waals surface area contributed by atoms with E-state index in [1.54, 1.807) is 10.9 Å². The maximum absolute atomic E-state index is 8.68. The molecule has 0 radical (unpaired) electrons. The van der Waals surface area contributed by atoms with Gasteiger partial charge in [0.15, 0.2) is 0 Å². The maximum atomic E-state index is 8.68. The second-order valence-corrected chi connectivity index (χ2v) is 2.47. The van der Waals surface area contributed by atoms with E-state index in [1.165, 1.54) is 0 Å². The minimum absolute atomic E-state index is 0.0270. The van der Waals surface area contributed by atoms with Gasteiger partial charge in [0.25, 0.3) is 0 Å². The van der Waals surface area contributed by atoms with Gasteiger partial charge in [-0.15, -0.1) is 5.10 Å².